The fourth-order valence-electron chi connectivity index (χ4n) is 3.66. The Kier molecular flexibility index (Phi) is 5.12. The Morgan fingerprint density at radius 3 is 2.33 bits per heavy atom. The van der Waals surface area contributed by atoms with Gasteiger partial charge in [0.25, 0.3) is 15.9 Å². The van der Waals surface area contributed by atoms with Crippen LogP contribution in [0.4, 0.5) is 11.4 Å². The molecule has 154 valence electrons. The molecule has 0 saturated heterocycles. The van der Waals surface area contributed by atoms with Crippen molar-refractivity contribution in [1.82, 2.24) is 0 Å². The highest BCUT2D eigenvalue weighted by molar-refractivity contribution is 7.92. The van der Waals surface area contributed by atoms with E-state index in [2.05, 4.69) is 4.72 Å². The topological polar surface area (TPSA) is 66.5 Å². The number of sulfonamides is 1. The molecule has 1 N–H and O–H groups in total. The fraction of sp³-hybridized carbons (Fsp3) is 0.208. The first kappa shape index (κ1) is 20.2. The number of fused-ring (bicyclic) bond motifs is 1. The minimum absolute atomic E-state index is 0.0714. The van der Waals surface area contributed by atoms with Crippen molar-refractivity contribution in [3.63, 3.8) is 0 Å². The summed E-state index contributed by atoms with van der Waals surface area (Å²) in [5.74, 6) is -0.0714. The van der Waals surface area contributed by atoms with Gasteiger partial charge in [0.1, 0.15) is 0 Å². The van der Waals surface area contributed by atoms with E-state index in [1.165, 1.54) is 0 Å². The Balaban J connectivity index is 1.61. The van der Waals surface area contributed by atoms with Crippen LogP contribution in [0, 0.1) is 20.8 Å². The van der Waals surface area contributed by atoms with Gasteiger partial charge in [0, 0.05) is 17.8 Å². The summed E-state index contributed by atoms with van der Waals surface area (Å²) in [6, 6.07) is 18.1. The Labute approximate surface area is 177 Å². The number of aryl methyl sites for hydroxylation is 3. The van der Waals surface area contributed by atoms with Gasteiger partial charge in [0.15, 0.2) is 0 Å². The minimum atomic E-state index is -3.72. The van der Waals surface area contributed by atoms with Gasteiger partial charge in [0.05, 0.1) is 10.6 Å². The van der Waals surface area contributed by atoms with Gasteiger partial charge in [-0.05, 0) is 80.3 Å². The van der Waals surface area contributed by atoms with E-state index in [1.54, 1.807) is 23.1 Å². The highest BCUT2D eigenvalue weighted by atomic mass is 32.2. The summed E-state index contributed by atoms with van der Waals surface area (Å²) in [6.45, 7) is 6.31. The summed E-state index contributed by atoms with van der Waals surface area (Å²) < 4.78 is 28.6. The third-order valence-electron chi connectivity index (χ3n) is 5.44. The molecule has 1 amide bonds. The van der Waals surface area contributed by atoms with Gasteiger partial charge in [-0.15, -0.1) is 0 Å². The lowest BCUT2D eigenvalue weighted by Crippen LogP contribution is -2.28. The van der Waals surface area contributed by atoms with E-state index in [9.17, 15) is 13.2 Å². The normalized spacial score (nSPS) is 13.2. The van der Waals surface area contributed by atoms with Gasteiger partial charge in [0.2, 0.25) is 0 Å². The highest BCUT2D eigenvalue weighted by Gasteiger charge is 2.27. The van der Waals surface area contributed by atoms with Gasteiger partial charge in [-0.1, -0.05) is 29.8 Å². The molecule has 0 fully saturated rings. The molecule has 3 aromatic rings. The molecule has 5 nitrogen and oxygen atoms in total. The Hall–Kier alpha value is -3.12. The molecule has 30 heavy (non-hydrogen) atoms. The van der Waals surface area contributed by atoms with Crippen LogP contribution in [0.1, 0.15) is 32.6 Å². The standard InChI is InChI=1S/C24H24N2O3S/c1-16-5-8-19(9-6-16)24(27)26-13-12-20-15-21(10-11-23(20)26)30(28,29)25-22-14-17(2)4-7-18(22)3/h4-11,14-15,25H,12-13H2,1-3H3. The van der Waals surface area contributed by atoms with E-state index in [0.29, 0.717) is 24.2 Å². The number of hydrogen-bond acceptors (Lipinski definition) is 3. The number of carbonyl (C=O) groups is 1. The molecule has 0 atom stereocenters. The van der Waals surface area contributed by atoms with Crippen LogP contribution in [-0.4, -0.2) is 20.9 Å². The number of rotatable bonds is 4. The zero-order chi connectivity index (χ0) is 21.5. The molecule has 0 saturated carbocycles. The molecule has 0 aromatic heterocycles. The summed E-state index contributed by atoms with van der Waals surface area (Å²) in [5, 5.41) is 0. The summed E-state index contributed by atoms with van der Waals surface area (Å²) in [7, 11) is -3.72. The van der Waals surface area contributed by atoms with Crippen molar-refractivity contribution in [3.05, 3.63) is 88.5 Å². The van der Waals surface area contributed by atoms with Crippen LogP contribution in [0.25, 0.3) is 0 Å². The number of nitrogens with zero attached hydrogens (tertiary/aromatic N) is 1. The average molecular weight is 421 g/mol. The maximum atomic E-state index is 12.9. The maximum absolute atomic E-state index is 12.9. The van der Waals surface area contributed by atoms with Crippen molar-refractivity contribution < 1.29 is 13.2 Å². The lowest BCUT2D eigenvalue weighted by molar-refractivity contribution is 0.0989. The number of benzene rings is 3. The SMILES string of the molecule is Cc1ccc(C(=O)N2CCc3cc(S(=O)(=O)Nc4cc(C)ccc4C)ccc32)cc1. The molecule has 0 unspecified atom stereocenters. The number of hydrogen-bond donors (Lipinski definition) is 1. The number of amides is 1. The van der Waals surface area contributed by atoms with E-state index >= 15 is 0 Å². The summed E-state index contributed by atoms with van der Waals surface area (Å²) >= 11 is 0. The lowest BCUT2D eigenvalue weighted by Gasteiger charge is -2.18. The predicted molar refractivity (Wildman–Crippen MR) is 120 cm³/mol. The zero-order valence-electron chi connectivity index (χ0n) is 17.3. The molecule has 1 aliphatic rings. The molecule has 1 heterocycles. The number of anilines is 2. The first-order valence-electron chi connectivity index (χ1n) is 9.86. The molecule has 3 aromatic carbocycles. The van der Waals surface area contributed by atoms with Crippen molar-refractivity contribution in [2.75, 3.05) is 16.2 Å². The van der Waals surface area contributed by atoms with Gasteiger partial charge in [-0.2, -0.15) is 0 Å². The molecule has 1 aliphatic heterocycles. The van der Waals surface area contributed by atoms with Crippen LogP contribution < -0.4 is 9.62 Å². The quantitative estimate of drug-likeness (QED) is 0.670. The van der Waals surface area contributed by atoms with Crippen LogP contribution in [0.2, 0.25) is 0 Å². The first-order chi connectivity index (χ1) is 14.2. The lowest BCUT2D eigenvalue weighted by atomic mass is 10.1. The van der Waals surface area contributed by atoms with Gasteiger partial charge < -0.3 is 4.90 Å². The summed E-state index contributed by atoms with van der Waals surface area (Å²) in [5.41, 5.74) is 5.77. The fourth-order valence-corrected chi connectivity index (χ4v) is 4.83. The van der Waals surface area contributed by atoms with Crippen LogP contribution in [0.3, 0.4) is 0 Å². The third kappa shape index (κ3) is 3.83. The van der Waals surface area contributed by atoms with Crippen LogP contribution in [0.15, 0.2) is 65.6 Å². The second-order valence-electron chi connectivity index (χ2n) is 7.79. The van der Waals surface area contributed by atoms with Crippen LogP contribution in [-0.2, 0) is 16.4 Å². The van der Waals surface area contributed by atoms with Gasteiger partial charge >= 0.3 is 0 Å². The number of nitrogens with one attached hydrogen (secondary N) is 1. The first-order valence-corrected chi connectivity index (χ1v) is 11.3. The third-order valence-corrected chi connectivity index (χ3v) is 6.80. The average Bonchev–Trinajstić information content (AvgIpc) is 3.14. The predicted octanol–water partition coefficient (Wildman–Crippen LogP) is 4.62. The minimum Gasteiger partial charge on any atom is -0.308 e. The van der Waals surface area contributed by atoms with Crippen LogP contribution in [0.5, 0.6) is 0 Å². The number of carbonyl (C=O) groups excluding carboxylic acids is 1. The van der Waals surface area contributed by atoms with Crippen molar-refractivity contribution in [2.24, 2.45) is 0 Å². The molecule has 0 aliphatic carbocycles. The molecule has 0 spiro atoms. The second kappa shape index (κ2) is 7.61. The van der Waals surface area contributed by atoms with Crippen molar-refractivity contribution in [3.8, 4) is 0 Å². The van der Waals surface area contributed by atoms with Crippen molar-refractivity contribution in [1.29, 1.82) is 0 Å². The zero-order valence-corrected chi connectivity index (χ0v) is 18.1. The summed E-state index contributed by atoms with van der Waals surface area (Å²) in [6.07, 6.45) is 0.625. The smallest absolute Gasteiger partial charge is 0.261 e. The second-order valence-corrected chi connectivity index (χ2v) is 9.47. The molecule has 0 radical (unpaired) electrons. The molecular weight excluding hydrogens is 396 g/mol. The molecular formula is C24H24N2O3S. The van der Waals surface area contributed by atoms with E-state index in [1.807, 2.05) is 63.2 Å². The van der Waals surface area contributed by atoms with Crippen molar-refractivity contribution in [2.45, 2.75) is 32.1 Å². The van der Waals surface area contributed by atoms with Gasteiger partial charge in [-0.25, -0.2) is 8.42 Å². The Morgan fingerprint density at radius 1 is 0.900 bits per heavy atom. The van der Waals surface area contributed by atoms with E-state index in [-0.39, 0.29) is 10.8 Å². The van der Waals surface area contributed by atoms with E-state index in [4.69, 9.17) is 0 Å². The Bertz CT molecular complexity index is 1230. The largest absolute Gasteiger partial charge is 0.308 e. The highest BCUT2D eigenvalue weighted by Crippen LogP contribution is 2.32. The molecule has 6 heteroatoms. The molecule has 0 bridgehead atoms. The van der Waals surface area contributed by atoms with E-state index in [0.717, 1.165) is 27.9 Å². The van der Waals surface area contributed by atoms with Crippen LogP contribution >= 0.6 is 0 Å². The maximum Gasteiger partial charge on any atom is 0.261 e. The van der Waals surface area contributed by atoms with Crippen molar-refractivity contribution >= 4 is 27.3 Å². The van der Waals surface area contributed by atoms with E-state index < -0.39 is 10.0 Å². The summed E-state index contributed by atoms with van der Waals surface area (Å²) in [4.78, 5) is 14.8. The monoisotopic (exact) mass is 420 g/mol. The Morgan fingerprint density at radius 2 is 1.60 bits per heavy atom. The molecule has 4 rings (SSSR count). The van der Waals surface area contributed by atoms with Gasteiger partial charge in [-0.3, -0.25) is 9.52 Å².